The maximum Gasteiger partial charge on any atom is 0.411 e. The molecular weight excluding hydrogens is 621 g/mol. The topological polar surface area (TPSA) is 142 Å². The van der Waals surface area contributed by atoms with Crippen LogP contribution in [0.5, 0.6) is 0 Å². The number of hydrogen-bond donors (Lipinski definition) is 4. The molecular formula is C30H48N6O5S3. The fourth-order valence-electron chi connectivity index (χ4n) is 5.62. The number of benzene rings is 1. The number of carbonyl (C=O) groups is 2. The third kappa shape index (κ3) is 10.1. The van der Waals surface area contributed by atoms with Crippen LogP contribution in [0.2, 0.25) is 0 Å². The summed E-state index contributed by atoms with van der Waals surface area (Å²) in [6.07, 6.45) is 6.55. The van der Waals surface area contributed by atoms with E-state index in [-0.39, 0.29) is 42.5 Å². The minimum absolute atomic E-state index is 0. The van der Waals surface area contributed by atoms with Crippen molar-refractivity contribution in [2.75, 3.05) is 25.5 Å². The van der Waals surface area contributed by atoms with E-state index >= 15 is 0 Å². The van der Waals surface area contributed by atoms with E-state index in [4.69, 9.17) is 9.72 Å². The number of anilines is 1. The zero-order valence-corrected chi connectivity index (χ0v) is 29.2. The maximum absolute atomic E-state index is 13.5. The Morgan fingerprint density at radius 3 is 2.45 bits per heavy atom. The Morgan fingerprint density at radius 2 is 1.84 bits per heavy atom. The zero-order valence-electron chi connectivity index (χ0n) is 26.5. The first-order valence-electron chi connectivity index (χ1n) is 15.1. The molecule has 0 unspecified atom stereocenters. The number of aromatic nitrogens is 1. The van der Waals surface area contributed by atoms with Crippen LogP contribution in [0.4, 0.5) is 15.3 Å². The van der Waals surface area contributed by atoms with Crippen LogP contribution in [0.3, 0.4) is 0 Å². The summed E-state index contributed by atoms with van der Waals surface area (Å²) >= 11 is 1.49. The molecule has 2 aromatic rings. The first-order valence-corrected chi connectivity index (χ1v) is 17.4. The number of thiazole rings is 1. The van der Waals surface area contributed by atoms with Crippen molar-refractivity contribution in [2.45, 2.75) is 108 Å². The fraction of sp³-hybridized carbons (Fsp3) is 0.633. The summed E-state index contributed by atoms with van der Waals surface area (Å²) in [5, 5.41) is 9.75. The molecule has 14 heteroatoms. The third-order valence-electron chi connectivity index (χ3n) is 7.67. The van der Waals surface area contributed by atoms with E-state index in [1.807, 2.05) is 0 Å². The van der Waals surface area contributed by atoms with Crippen molar-refractivity contribution in [1.29, 1.82) is 0 Å². The second-order valence-corrected chi connectivity index (χ2v) is 15.6. The molecule has 0 radical (unpaired) electrons. The third-order valence-corrected chi connectivity index (χ3v) is 10.7. The van der Waals surface area contributed by atoms with Crippen LogP contribution in [0, 0.1) is 0 Å². The molecule has 2 fully saturated rings. The van der Waals surface area contributed by atoms with Crippen LogP contribution < -0.4 is 20.7 Å². The van der Waals surface area contributed by atoms with Gasteiger partial charge in [0.2, 0.25) is 10.0 Å². The monoisotopic (exact) mass is 668 g/mol. The van der Waals surface area contributed by atoms with Crippen LogP contribution in [0.25, 0.3) is 10.4 Å². The molecule has 1 saturated carbocycles. The molecule has 3 amide bonds. The van der Waals surface area contributed by atoms with Crippen molar-refractivity contribution in [3.05, 3.63) is 29.4 Å². The summed E-state index contributed by atoms with van der Waals surface area (Å²) in [7, 11) is -1.84. The number of urea groups is 1. The van der Waals surface area contributed by atoms with Gasteiger partial charge in [-0.25, -0.2) is 27.7 Å². The van der Waals surface area contributed by atoms with Gasteiger partial charge in [-0.1, -0.05) is 6.07 Å². The Labute approximate surface area is 272 Å². The highest BCUT2D eigenvalue weighted by Crippen LogP contribution is 2.40. The lowest BCUT2D eigenvalue weighted by atomic mass is 9.86. The minimum Gasteiger partial charge on any atom is -0.447 e. The summed E-state index contributed by atoms with van der Waals surface area (Å²) in [5.74, 6) is 0.242. The van der Waals surface area contributed by atoms with E-state index in [0.29, 0.717) is 23.8 Å². The second kappa shape index (κ2) is 15.3. The Morgan fingerprint density at radius 1 is 1.14 bits per heavy atom. The number of likely N-dealkylation sites (N-methyl/N-ethyl adjacent to an activating group) is 1. The molecule has 4 N–H and O–H groups in total. The summed E-state index contributed by atoms with van der Waals surface area (Å²) in [6, 6.07) is 5.25. The molecule has 246 valence electrons. The van der Waals surface area contributed by atoms with E-state index in [2.05, 4.69) is 32.6 Å². The molecule has 0 bridgehead atoms. The number of amides is 3. The molecule has 1 aromatic carbocycles. The maximum atomic E-state index is 13.5. The Kier molecular flexibility index (Phi) is 12.5. The molecule has 1 aromatic heterocycles. The smallest absolute Gasteiger partial charge is 0.411 e. The van der Waals surface area contributed by atoms with E-state index < -0.39 is 21.7 Å². The van der Waals surface area contributed by atoms with Crippen molar-refractivity contribution >= 4 is 52.7 Å². The average molecular weight is 669 g/mol. The Bertz CT molecular complexity index is 1380. The van der Waals surface area contributed by atoms with Crippen LogP contribution in [-0.2, 0) is 14.8 Å². The van der Waals surface area contributed by atoms with Gasteiger partial charge in [-0.15, -0.1) is 11.3 Å². The van der Waals surface area contributed by atoms with E-state index in [0.717, 1.165) is 48.5 Å². The standard InChI is InChI=1S/C30H46N6O5S2.H2S/c1-19(2)41-29(38)34-22-13-14-24(26(16-22)43(39,40)35-30(3,4)5)25-18-31-27(42-25)20-9-11-21(12-10-20)33-28(37)32-17-23-8-7-15-36(23)6;/h13-14,16,18-21,23,35H,7-12,15,17H2,1-6H3,(H,34,38)(H2,32,33,37);1H2/t20?,21?,23-;/m0./s1. The quantitative estimate of drug-likeness (QED) is 0.281. The minimum atomic E-state index is -3.94. The molecule has 11 nitrogen and oxygen atoms in total. The first-order chi connectivity index (χ1) is 20.2. The number of rotatable bonds is 9. The van der Waals surface area contributed by atoms with Gasteiger partial charge in [0.05, 0.1) is 20.9 Å². The summed E-state index contributed by atoms with van der Waals surface area (Å²) in [4.78, 5) is 32.5. The predicted octanol–water partition coefficient (Wildman–Crippen LogP) is 5.38. The van der Waals surface area contributed by atoms with Crippen molar-refractivity contribution in [2.24, 2.45) is 0 Å². The number of carbonyl (C=O) groups excluding carboxylic acids is 2. The van der Waals surface area contributed by atoms with Crippen molar-refractivity contribution in [3.8, 4) is 10.4 Å². The Hall–Kier alpha value is -2.39. The summed E-state index contributed by atoms with van der Waals surface area (Å²) in [5.41, 5.74) is 0.132. The molecule has 1 aliphatic carbocycles. The van der Waals surface area contributed by atoms with E-state index in [9.17, 15) is 18.0 Å². The highest BCUT2D eigenvalue weighted by molar-refractivity contribution is 7.89. The van der Waals surface area contributed by atoms with Gasteiger partial charge < -0.3 is 20.3 Å². The molecule has 44 heavy (non-hydrogen) atoms. The fourth-order valence-corrected chi connectivity index (χ4v) is 8.47. The molecule has 1 aliphatic heterocycles. The normalized spacial score (nSPS) is 21.0. The zero-order chi connectivity index (χ0) is 31.4. The van der Waals surface area contributed by atoms with Crippen LogP contribution in [0.1, 0.15) is 84.1 Å². The number of hydrogen-bond acceptors (Lipinski definition) is 8. The summed E-state index contributed by atoms with van der Waals surface area (Å²) < 4.78 is 34.9. The van der Waals surface area contributed by atoms with Gasteiger partial charge >= 0.3 is 12.1 Å². The van der Waals surface area contributed by atoms with Crippen LogP contribution >= 0.6 is 24.8 Å². The SMILES string of the molecule is CC(C)OC(=O)Nc1ccc(-c2cnc(C3CCC(NC(=O)NC[C@@H]4CCCN4C)CC3)s2)c(S(=O)(=O)NC(C)(C)C)c1.S. The molecule has 4 rings (SSSR count). The first kappa shape index (κ1) is 36.1. The van der Waals surface area contributed by atoms with Gasteiger partial charge in [-0.2, -0.15) is 13.5 Å². The van der Waals surface area contributed by atoms with Gasteiger partial charge in [0.15, 0.2) is 0 Å². The molecule has 1 atom stereocenters. The second-order valence-electron chi connectivity index (χ2n) is 12.9. The highest BCUT2D eigenvalue weighted by atomic mass is 32.2. The number of ether oxygens (including phenoxy) is 1. The van der Waals surface area contributed by atoms with Crippen LogP contribution in [0.15, 0.2) is 29.3 Å². The highest BCUT2D eigenvalue weighted by Gasteiger charge is 2.29. The van der Waals surface area contributed by atoms with E-state index in [1.54, 1.807) is 52.9 Å². The van der Waals surface area contributed by atoms with Gasteiger partial charge in [0.25, 0.3) is 0 Å². The molecule has 0 spiro atoms. The average Bonchev–Trinajstić information content (AvgIpc) is 3.55. The van der Waals surface area contributed by atoms with Gasteiger partial charge in [-0.3, -0.25) is 5.32 Å². The number of sulfonamides is 1. The molecule has 1 saturated heterocycles. The largest absolute Gasteiger partial charge is 0.447 e. The molecule has 2 heterocycles. The van der Waals surface area contributed by atoms with Crippen molar-refractivity contribution in [1.82, 2.24) is 25.2 Å². The number of nitrogens with one attached hydrogen (secondary N) is 4. The van der Waals surface area contributed by atoms with Gasteiger partial charge in [0, 0.05) is 47.5 Å². The van der Waals surface area contributed by atoms with E-state index in [1.165, 1.54) is 23.8 Å². The van der Waals surface area contributed by atoms with Crippen molar-refractivity contribution < 1.29 is 22.7 Å². The lowest BCUT2D eigenvalue weighted by Gasteiger charge is -2.28. The lowest BCUT2D eigenvalue weighted by Crippen LogP contribution is -2.47. The van der Waals surface area contributed by atoms with Gasteiger partial charge in [-0.05, 0) is 98.9 Å². The number of nitrogens with zero attached hydrogens (tertiary/aromatic N) is 2. The lowest BCUT2D eigenvalue weighted by molar-refractivity contribution is 0.130. The number of likely N-dealkylation sites (tertiary alicyclic amines) is 1. The van der Waals surface area contributed by atoms with Crippen molar-refractivity contribution in [3.63, 3.8) is 0 Å². The molecule has 2 aliphatic rings. The summed E-state index contributed by atoms with van der Waals surface area (Å²) in [6.45, 7) is 10.6. The Balaban J connectivity index is 0.00000529. The van der Waals surface area contributed by atoms with Gasteiger partial charge in [0.1, 0.15) is 0 Å². The predicted molar refractivity (Wildman–Crippen MR) is 180 cm³/mol. The van der Waals surface area contributed by atoms with Crippen LogP contribution in [-0.4, -0.2) is 74.3 Å².